The maximum atomic E-state index is 11.8. The molecule has 0 saturated heterocycles. The molecule has 2 amide bonds. The smallest absolute Gasteiger partial charge is 0.315 e. The summed E-state index contributed by atoms with van der Waals surface area (Å²) in [5.41, 5.74) is 1.15. The second-order valence-corrected chi connectivity index (χ2v) is 5.12. The van der Waals surface area contributed by atoms with Crippen LogP contribution in [0.3, 0.4) is 0 Å². The molecule has 3 atom stereocenters. The molecule has 0 fully saturated rings. The molecule has 0 spiro atoms. The van der Waals surface area contributed by atoms with Gasteiger partial charge >= 0.3 is 12.0 Å². The summed E-state index contributed by atoms with van der Waals surface area (Å²) in [7, 11) is 0. The summed E-state index contributed by atoms with van der Waals surface area (Å²) in [5, 5.41) is 14.3. The number of carboxylic acid groups (broad SMARTS) is 1. The molecule has 0 radical (unpaired) electrons. The van der Waals surface area contributed by atoms with E-state index in [1.54, 1.807) is 13.8 Å². The molecule has 3 unspecified atom stereocenters. The first kappa shape index (κ1) is 16.0. The molecule has 3 N–H and O–H groups in total. The monoisotopic (exact) mass is 278 g/mol. The molecule has 110 valence electrons. The van der Waals surface area contributed by atoms with Gasteiger partial charge in [0.2, 0.25) is 0 Å². The fourth-order valence-electron chi connectivity index (χ4n) is 1.83. The predicted octanol–water partition coefficient (Wildman–Crippen LogP) is 2.03. The van der Waals surface area contributed by atoms with Crippen LogP contribution < -0.4 is 10.6 Å². The van der Waals surface area contributed by atoms with Crippen molar-refractivity contribution < 1.29 is 14.7 Å². The molecule has 5 nitrogen and oxygen atoms in total. The molecular weight excluding hydrogens is 256 g/mol. The highest BCUT2D eigenvalue weighted by Gasteiger charge is 2.21. The Morgan fingerprint density at radius 3 is 2.25 bits per heavy atom. The quantitative estimate of drug-likeness (QED) is 0.745. The van der Waals surface area contributed by atoms with Crippen molar-refractivity contribution in [3.05, 3.63) is 35.9 Å². The third kappa shape index (κ3) is 5.30. The fourth-order valence-corrected chi connectivity index (χ4v) is 1.83. The summed E-state index contributed by atoms with van der Waals surface area (Å²) in [5.74, 6) is -1.54. The molecule has 0 saturated carbocycles. The molecule has 1 rings (SSSR count). The lowest BCUT2D eigenvalue weighted by atomic mass is 10.0. The van der Waals surface area contributed by atoms with Gasteiger partial charge in [-0.05, 0) is 32.8 Å². The van der Waals surface area contributed by atoms with Crippen molar-refractivity contribution in [1.82, 2.24) is 10.6 Å². The molecule has 20 heavy (non-hydrogen) atoms. The number of nitrogens with one attached hydrogen (secondary N) is 2. The lowest BCUT2D eigenvalue weighted by molar-refractivity contribution is -0.141. The van der Waals surface area contributed by atoms with Gasteiger partial charge in [0.15, 0.2) is 0 Å². The Bertz CT molecular complexity index is 448. The average Bonchev–Trinajstić information content (AvgIpc) is 2.38. The van der Waals surface area contributed by atoms with Gasteiger partial charge in [-0.3, -0.25) is 4.79 Å². The van der Waals surface area contributed by atoms with E-state index in [1.165, 1.54) is 0 Å². The van der Waals surface area contributed by atoms with Crippen LogP contribution in [0.1, 0.15) is 26.3 Å². The Hall–Kier alpha value is -2.04. The van der Waals surface area contributed by atoms with E-state index >= 15 is 0 Å². The molecule has 0 bridgehead atoms. The SMILES string of the molecule is CC(Cc1ccccc1)NC(=O)NC(C)C(C)C(=O)O. The van der Waals surface area contributed by atoms with Crippen molar-refractivity contribution in [2.75, 3.05) is 0 Å². The van der Waals surface area contributed by atoms with Crippen LogP contribution in [0.2, 0.25) is 0 Å². The number of aliphatic carboxylic acids is 1. The van der Waals surface area contributed by atoms with Crippen molar-refractivity contribution >= 4 is 12.0 Å². The second kappa shape index (κ2) is 7.53. The van der Waals surface area contributed by atoms with E-state index in [1.807, 2.05) is 37.3 Å². The highest BCUT2D eigenvalue weighted by Crippen LogP contribution is 2.04. The van der Waals surface area contributed by atoms with E-state index < -0.39 is 17.9 Å². The average molecular weight is 278 g/mol. The maximum absolute atomic E-state index is 11.8. The Labute approximate surface area is 119 Å². The number of carbonyl (C=O) groups is 2. The molecule has 1 aromatic rings. The summed E-state index contributed by atoms with van der Waals surface area (Å²) in [4.78, 5) is 22.6. The van der Waals surface area contributed by atoms with Gasteiger partial charge in [0, 0.05) is 12.1 Å². The molecule has 0 aliphatic heterocycles. The van der Waals surface area contributed by atoms with Crippen LogP contribution in [-0.2, 0) is 11.2 Å². The summed E-state index contributed by atoms with van der Waals surface area (Å²) in [6.07, 6.45) is 0.733. The fraction of sp³-hybridized carbons (Fsp3) is 0.467. The molecule has 0 aromatic heterocycles. The van der Waals surface area contributed by atoms with Gasteiger partial charge in [-0.15, -0.1) is 0 Å². The highest BCUT2D eigenvalue weighted by atomic mass is 16.4. The lowest BCUT2D eigenvalue weighted by Crippen LogP contribution is -2.48. The zero-order valence-corrected chi connectivity index (χ0v) is 12.1. The lowest BCUT2D eigenvalue weighted by Gasteiger charge is -2.20. The number of rotatable bonds is 6. The van der Waals surface area contributed by atoms with Gasteiger partial charge in [-0.25, -0.2) is 4.79 Å². The Balaban J connectivity index is 2.40. The van der Waals surface area contributed by atoms with Crippen molar-refractivity contribution in [3.63, 3.8) is 0 Å². The number of hydrogen-bond acceptors (Lipinski definition) is 2. The van der Waals surface area contributed by atoms with E-state index in [9.17, 15) is 9.59 Å². The van der Waals surface area contributed by atoms with E-state index in [0.717, 1.165) is 12.0 Å². The van der Waals surface area contributed by atoms with Crippen LogP contribution in [0.25, 0.3) is 0 Å². The number of benzene rings is 1. The third-order valence-electron chi connectivity index (χ3n) is 3.26. The first-order valence-corrected chi connectivity index (χ1v) is 6.74. The van der Waals surface area contributed by atoms with E-state index in [0.29, 0.717) is 0 Å². The number of amides is 2. The number of carboxylic acids is 1. The van der Waals surface area contributed by atoms with Gasteiger partial charge in [-0.1, -0.05) is 30.3 Å². The Morgan fingerprint density at radius 2 is 1.70 bits per heavy atom. The van der Waals surface area contributed by atoms with Crippen LogP contribution in [0.5, 0.6) is 0 Å². The number of carbonyl (C=O) groups excluding carboxylic acids is 1. The predicted molar refractivity (Wildman–Crippen MR) is 77.5 cm³/mol. The van der Waals surface area contributed by atoms with Crippen LogP contribution in [0.4, 0.5) is 4.79 Å². The largest absolute Gasteiger partial charge is 0.481 e. The normalized spacial score (nSPS) is 14.9. The number of hydrogen-bond donors (Lipinski definition) is 3. The van der Waals surface area contributed by atoms with Crippen molar-refractivity contribution in [3.8, 4) is 0 Å². The summed E-state index contributed by atoms with van der Waals surface area (Å²) in [6, 6.07) is 9.09. The minimum Gasteiger partial charge on any atom is -0.481 e. The molecule has 0 aliphatic rings. The zero-order valence-electron chi connectivity index (χ0n) is 12.1. The van der Waals surface area contributed by atoms with Gasteiger partial charge in [0.1, 0.15) is 0 Å². The Kier molecular flexibility index (Phi) is 6.03. The van der Waals surface area contributed by atoms with Gasteiger partial charge in [0.25, 0.3) is 0 Å². The summed E-state index contributed by atoms with van der Waals surface area (Å²) < 4.78 is 0. The number of urea groups is 1. The summed E-state index contributed by atoms with van der Waals surface area (Å²) in [6.45, 7) is 5.17. The molecule has 1 aromatic carbocycles. The summed E-state index contributed by atoms with van der Waals surface area (Å²) >= 11 is 0. The van der Waals surface area contributed by atoms with Crippen molar-refractivity contribution in [2.24, 2.45) is 5.92 Å². The second-order valence-electron chi connectivity index (χ2n) is 5.12. The van der Waals surface area contributed by atoms with Crippen LogP contribution >= 0.6 is 0 Å². The minimum atomic E-state index is -0.921. The van der Waals surface area contributed by atoms with Crippen molar-refractivity contribution in [1.29, 1.82) is 0 Å². The third-order valence-corrected chi connectivity index (χ3v) is 3.26. The van der Waals surface area contributed by atoms with Crippen LogP contribution in [0.15, 0.2) is 30.3 Å². The zero-order chi connectivity index (χ0) is 15.1. The maximum Gasteiger partial charge on any atom is 0.315 e. The van der Waals surface area contributed by atoms with Crippen LogP contribution in [-0.4, -0.2) is 29.2 Å². The first-order valence-electron chi connectivity index (χ1n) is 6.74. The highest BCUT2D eigenvalue weighted by molar-refractivity contribution is 5.76. The van der Waals surface area contributed by atoms with Gasteiger partial charge < -0.3 is 15.7 Å². The standard InChI is InChI=1S/C15H22N2O3/c1-10(9-13-7-5-4-6-8-13)16-15(20)17-12(3)11(2)14(18)19/h4-8,10-12H,9H2,1-3H3,(H,18,19)(H2,16,17,20). The van der Waals surface area contributed by atoms with Crippen LogP contribution in [0, 0.1) is 5.92 Å². The van der Waals surface area contributed by atoms with Gasteiger partial charge in [-0.2, -0.15) is 0 Å². The van der Waals surface area contributed by atoms with E-state index in [2.05, 4.69) is 10.6 Å². The Morgan fingerprint density at radius 1 is 1.10 bits per heavy atom. The minimum absolute atomic E-state index is 0.0234. The topological polar surface area (TPSA) is 78.4 Å². The molecule has 0 aliphatic carbocycles. The molecule has 5 heteroatoms. The molecule has 0 heterocycles. The molecular formula is C15H22N2O3. The van der Waals surface area contributed by atoms with Crippen molar-refractivity contribution in [2.45, 2.75) is 39.3 Å². The van der Waals surface area contributed by atoms with Gasteiger partial charge in [0.05, 0.1) is 5.92 Å². The van der Waals surface area contributed by atoms with E-state index in [-0.39, 0.29) is 12.1 Å². The first-order chi connectivity index (χ1) is 9.40. The van der Waals surface area contributed by atoms with E-state index in [4.69, 9.17) is 5.11 Å².